The van der Waals surface area contributed by atoms with Gasteiger partial charge in [0, 0.05) is 41.9 Å². The highest BCUT2D eigenvalue weighted by molar-refractivity contribution is 9.10. The number of pyridine rings is 1. The van der Waals surface area contributed by atoms with Gasteiger partial charge < -0.3 is 0 Å². The summed E-state index contributed by atoms with van der Waals surface area (Å²) in [6.45, 7) is 0. The highest BCUT2D eigenvalue weighted by atomic mass is 79.9. The van der Waals surface area contributed by atoms with Crippen LogP contribution in [0.25, 0.3) is 22.3 Å². The molecule has 0 bridgehead atoms. The van der Waals surface area contributed by atoms with Crippen molar-refractivity contribution >= 4 is 27.0 Å². The van der Waals surface area contributed by atoms with E-state index in [0.29, 0.717) is 0 Å². The molecule has 3 aromatic rings. The molecule has 3 aromatic heterocycles. The van der Waals surface area contributed by atoms with Crippen LogP contribution in [-0.2, 0) is 14.1 Å². The van der Waals surface area contributed by atoms with Crippen molar-refractivity contribution in [3.63, 3.8) is 0 Å². The van der Waals surface area contributed by atoms with Gasteiger partial charge in [-0.2, -0.15) is 10.2 Å². The molecule has 0 saturated heterocycles. The lowest BCUT2D eigenvalue weighted by molar-refractivity contribution is 0.767. The number of rotatable bonds is 1. The van der Waals surface area contributed by atoms with Gasteiger partial charge in [-0.15, -0.1) is 0 Å². The molecule has 0 unspecified atom stereocenters. The van der Waals surface area contributed by atoms with Crippen LogP contribution in [0.2, 0.25) is 0 Å². The first-order valence-corrected chi connectivity index (χ1v) is 5.92. The highest BCUT2D eigenvalue weighted by Gasteiger charge is 2.13. The number of aromatic nitrogens is 5. The fraction of sp³-hybridized carbons (Fsp3) is 0.182. The van der Waals surface area contributed by atoms with Crippen LogP contribution in [0.3, 0.4) is 0 Å². The molecule has 0 saturated carbocycles. The monoisotopic (exact) mass is 291 g/mol. The minimum absolute atomic E-state index is 0.868. The Kier molecular flexibility index (Phi) is 2.25. The van der Waals surface area contributed by atoms with Crippen LogP contribution in [0, 0.1) is 0 Å². The summed E-state index contributed by atoms with van der Waals surface area (Å²) in [5, 5.41) is 9.68. The predicted molar refractivity (Wildman–Crippen MR) is 68.4 cm³/mol. The van der Waals surface area contributed by atoms with Crippen molar-refractivity contribution in [1.29, 1.82) is 0 Å². The summed E-state index contributed by atoms with van der Waals surface area (Å²) >= 11 is 3.43. The molecule has 0 aliphatic heterocycles. The van der Waals surface area contributed by atoms with Crippen molar-refractivity contribution < 1.29 is 0 Å². The largest absolute Gasteiger partial charge is 0.275 e. The molecule has 17 heavy (non-hydrogen) atoms. The zero-order valence-corrected chi connectivity index (χ0v) is 11.0. The van der Waals surface area contributed by atoms with E-state index in [2.05, 4.69) is 31.1 Å². The summed E-state index contributed by atoms with van der Waals surface area (Å²) in [4.78, 5) is 4.36. The molecule has 3 heterocycles. The average molecular weight is 292 g/mol. The molecule has 0 atom stereocenters. The van der Waals surface area contributed by atoms with Crippen molar-refractivity contribution in [1.82, 2.24) is 24.5 Å². The predicted octanol–water partition coefficient (Wildman–Crippen LogP) is 2.13. The van der Waals surface area contributed by atoms with Gasteiger partial charge in [0.1, 0.15) is 5.69 Å². The Balaban J connectivity index is 2.33. The number of halogens is 1. The molecule has 0 N–H and O–H groups in total. The Morgan fingerprint density at radius 2 is 2.06 bits per heavy atom. The first-order chi connectivity index (χ1) is 8.15. The molecule has 0 fully saturated rings. The Morgan fingerprint density at radius 3 is 2.76 bits per heavy atom. The second kappa shape index (κ2) is 3.66. The molecule has 0 aromatic carbocycles. The van der Waals surface area contributed by atoms with E-state index in [1.165, 1.54) is 0 Å². The minimum atomic E-state index is 0.868. The second-order valence-electron chi connectivity index (χ2n) is 3.90. The lowest BCUT2D eigenvalue weighted by Crippen LogP contribution is -1.91. The lowest BCUT2D eigenvalue weighted by atomic mass is 10.2. The third-order valence-corrected chi connectivity index (χ3v) is 3.06. The summed E-state index contributed by atoms with van der Waals surface area (Å²) in [6.07, 6.45) is 5.53. The molecule has 0 amide bonds. The first kappa shape index (κ1) is 10.5. The van der Waals surface area contributed by atoms with Crippen LogP contribution >= 0.6 is 15.9 Å². The summed E-state index contributed by atoms with van der Waals surface area (Å²) in [5.41, 5.74) is 2.77. The maximum atomic E-state index is 4.49. The van der Waals surface area contributed by atoms with Crippen molar-refractivity contribution in [2.45, 2.75) is 0 Å². The minimum Gasteiger partial charge on any atom is -0.275 e. The zero-order valence-electron chi connectivity index (χ0n) is 9.42. The van der Waals surface area contributed by atoms with Crippen molar-refractivity contribution in [2.24, 2.45) is 14.1 Å². The Hall–Kier alpha value is -1.69. The summed E-state index contributed by atoms with van der Waals surface area (Å²) < 4.78 is 4.49. The maximum Gasteiger partial charge on any atom is 0.158 e. The fourth-order valence-electron chi connectivity index (χ4n) is 1.87. The Labute approximate surface area is 106 Å². The topological polar surface area (TPSA) is 48.5 Å². The smallest absolute Gasteiger partial charge is 0.158 e. The van der Waals surface area contributed by atoms with Crippen LogP contribution in [0.5, 0.6) is 0 Å². The van der Waals surface area contributed by atoms with E-state index >= 15 is 0 Å². The van der Waals surface area contributed by atoms with Crippen LogP contribution in [0.1, 0.15) is 0 Å². The normalized spacial score (nSPS) is 11.2. The third-order valence-electron chi connectivity index (χ3n) is 2.62. The van der Waals surface area contributed by atoms with E-state index in [1.807, 2.05) is 32.6 Å². The molecule has 0 spiro atoms. The molecule has 0 aliphatic rings. The Morgan fingerprint density at radius 1 is 1.24 bits per heavy atom. The van der Waals surface area contributed by atoms with Gasteiger partial charge in [0.2, 0.25) is 0 Å². The van der Waals surface area contributed by atoms with Crippen LogP contribution in [-0.4, -0.2) is 24.5 Å². The lowest BCUT2D eigenvalue weighted by Gasteiger charge is -1.93. The number of fused-ring (bicyclic) bond motifs is 1. The van der Waals surface area contributed by atoms with Crippen LogP contribution in [0.4, 0.5) is 0 Å². The van der Waals surface area contributed by atoms with Gasteiger partial charge in [-0.1, -0.05) is 0 Å². The van der Waals surface area contributed by atoms with E-state index < -0.39 is 0 Å². The van der Waals surface area contributed by atoms with Gasteiger partial charge in [-0.3, -0.25) is 4.68 Å². The summed E-state index contributed by atoms with van der Waals surface area (Å²) in [6, 6.07) is 2.03. The molecule has 0 aliphatic carbocycles. The fourth-order valence-corrected chi connectivity index (χ4v) is 2.20. The number of aryl methyl sites for hydroxylation is 2. The van der Waals surface area contributed by atoms with Gasteiger partial charge in [0.25, 0.3) is 0 Å². The van der Waals surface area contributed by atoms with Crippen LogP contribution in [0.15, 0.2) is 29.1 Å². The second-order valence-corrected chi connectivity index (χ2v) is 4.82. The van der Waals surface area contributed by atoms with Crippen molar-refractivity contribution in [3.8, 4) is 11.3 Å². The van der Waals surface area contributed by atoms with Gasteiger partial charge in [-0.25, -0.2) is 9.67 Å². The van der Waals surface area contributed by atoms with Gasteiger partial charge >= 0.3 is 0 Å². The van der Waals surface area contributed by atoms with Crippen molar-refractivity contribution in [2.75, 3.05) is 0 Å². The SMILES string of the molecule is Cn1cc(-c2nn(C)c3ncc(Br)cc23)cn1. The molecular formula is C11H10BrN5. The van der Waals surface area contributed by atoms with E-state index in [4.69, 9.17) is 0 Å². The van der Waals surface area contributed by atoms with E-state index in [0.717, 1.165) is 26.8 Å². The number of hydrogen-bond donors (Lipinski definition) is 0. The molecule has 0 radical (unpaired) electrons. The molecule has 5 nitrogen and oxygen atoms in total. The molecular weight excluding hydrogens is 282 g/mol. The molecule has 86 valence electrons. The summed E-state index contributed by atoms with van der Waals surface area (Å²) in [5.74, 6) is 0. The summed E-state index contributed by atoms with van der Waals surface area (Å²) in [7, 11) is 3.78. The van der Waals surface area contributed by atoms with Gasteiger partial charge in [-0.05, 0) is 22.0 Å². The Bertz CT molecular complexity index is 697. The van der Waals surface area contributed by atoms with E-state index in [-0.39, 0.29) is 0 Å². The first-order valence-electron chi connectivity index (χ1n) is 5.12. The van der Waals surface area contributed by atoms with Crippen LogP contribution < -0.4 is 0 Å². The van der Waals surface area contributed by atoms with E-state index in [9.17, 15) is 0 Å². The quantitative estimate of drug-likeness (QED) is 0.690. The standard InChI is InChI=1S/C11H10BrN5/c1-16-6-7(4-14-16)10-9-3-8(12)5-13-11(9)17(2)15-10/h3-6H,1-2H3. The maximum absolute atomic E-state index is 4.49. The number of hydrogen-bond acceptors (Lipinski definition) is 3. The third kappa shape index (κ3) is 1.64. The average Bonchev–Trinajstić information content (AvgIpc) is 2.83. The molecule has 6 heteroatoms. The van der Waals surface area contributed by atoms with Crippen molar-refractivity contribution in [3.05, 3.63) is 29.1 Å². The van der Waals surface area contributed by atoms with Gasteiger partial charge in [0.15, 0.2) is 5.65 Å². The number of nitrogens with zero attached hydrogens (tertiary/aromatic N) is 5. The zero-order chi connectivity index (χ0) is 12.0. The van der Waals surface area contributed by atoms with E-state index in [1.54, 1.807) is 15.6 Å². The molecule has 3 rings (SSSR count). The highest BCUT2D eigenvalue weighted by Crippen LogP contribution is 2.27. The van der Waals surface area contributed by atoms with Gasteiger partial charge in [0.05, 0.1) is 6.20 Å².